The van der Waals surface area contributed by atoms with Gasteiger partial charge in [-0.2, -0.15) is 0 Å². The fourth-order valence-electron chi connectivity index (χ4n) is 8.17. The molecular formula is C39H29NO2Se. The molecule has 0 amide bonds. The molecule has 4 aromatic carbocycles. The maximum absolute atomic E-state index is 13.3. The van der Waals surface area contributed by atoms with E-state index in [0.29, 0.717) is 16.7 Å². The van der Waals surface area contributed by atoms with E-state index in [1.54, 1.807) is 12.1 Å². The molecule has 5 aromatic rings. The van der Waals surface area contributed by atoms with Crippen LogP contribution in [0.5, 0.6) is 0 Å². The normalized spacial score (nSPS) is 19.3. The van der Waals surface area contributed by atoms with Crippen molar-refractivity contribution < 1.29 is 9.59 Å². The molecule has 3 heterocycles. The molecule has 2 aliphatic heterocycles. The average Bonchev–Trinajstić information content (AvgIpc) is 3.54. The van der Waals surface area contributed by atoms with Crippen molar-refractivity contribution in [3.8, 4) is 0 Å². The summed E-state index contributed by atoms with van der Waals surface area (Å²) < 4.78 is 2.38. The first-order chi connectivity index (χ1) is 20.7. The third-order valence-corrected chi connectivity index (χ3v) is 12.5. The number of Topliss-reactive ketones (excluding diaryl/α,β-unsaturated/α-hetero) is 2. The molecule has 0 N–H and O–H groups in total. The van der Waals surface area contributed by atoms with E-state index in [9.17, 15) is 9.59 Å². The first kappa shape index (κ1) is 25.3. The van der Waals surface area contributed by atoms with E-state index < -0.39 is 0 Å². The van der Waals surface area contributed by atoms with Crippen molar-refractivity contribution in [1.82, 2.24) is 0 Å². The summed E-state index contributed by atoms with van der Waals surface area (Å²) in [5.74, 6) is -0.146. The zero-order valence-corrected chi connectivity index (χ0v) is 26.2. The van der Waals surface area contributed by atoms with Gasteiger partial charge in [0.2, 0.25) is 0 Å². The Morgan fingerprint density at radius 3 is 2.02 bits per heavy atom. The molecule has 0 radical (unpaired) electrons. The molecule has 2 aliphatic carbocycles. The van der Waals surface area contributed by atoms with Gasteiger partial charge in [-0.3, -0.25) is 0 Å². The number of rotatable bonds is 1. The number of nitrogens with zero attached hydrogens (tertiary/aromatic N) is 1. The zero-order chi connectivity index (χ0) is 29.4. The first-order valence-corrected chi connectivity index (χ1v) is 16.6. The van der Waals surface area contributed by atoms with Crippen molar-refractivity contribution in [1.29, 1.82) is 0 Å². The van der Waals surface area contributed by atoms with Crippen LogP contribution in [-0.4, -0.2) is 26.1 Å². The van der Waals surface area contributed by atoms with Crippen molar-refractivity contribution in [2.75, 3.05) is 4.90 Å². The van der Waals surface area contributed by atoms with Crippen LogP contribution in [0.1, 0.15) is 97.7 Å². The first-order valence-electron chi connectivity index (χ1n) is 14.9. The maximum atomic E-state index is 13.3. The van der Waals surface area contributed by atoms with Gasteiger partial charge in [0.25, 0.3) is 0 Å². The summed E-state index contributed by atoms with van der Waals surface area (Å²) in [6.45, 7) is 9.39. The molecule has 1 aromatic heterocycles. The van der Waals surface area contributed by atoms with Crippen LogP contribution in [0.3, 0.4) is 0 Å². The molecule has 0 fully saturated rings. The van der Waals surface area contributed by atoms with Gasteiger partial charge in [0.1, 0.15) is 0 Å². The van der Waals surface area contributed by atoms with Gasteiger partial charge >= 0.3 is 258 Å². The summed E-state index contributed by atoms with van der Waals surface area (Å²) in [5.41, 5.74) is 13.1. The van der Waals surface area contributed by atoms with E-state index in [1.807, 2.05) is 18.2 Å². The number of hydrogen-bond acceptors (Lipinski definition) is 3. The molecule has 0 saturated carbocycles. The Labute approximate surface area is 257 Å². The number of hydrogen-bond donors (Lipinski definition) is 0. The molecule has 4 aliphatic rings. The number of carbonyl (C=O) groups is 2. The second-order valence-corrected chi connectivity index (χ2v) is 15.4. The Bertz CT molecular complexity index is 2110. The van der Waals surface area contributed by atoms with Gasteiger partial charge in [-0.05, 0) is 0 Å². The molecule has 1 atom stereocenters. The molecule has 0 spiro atoms. The SMILES string of the molecule is CC1(C)c2ccccc2C2c3ccccc3N3c4[se]c(C=C5C(=O)c6ccccc6C5=O)cc4C(C)(C)c4ccc1c2c43. The van der Waals surface area contributed by atoms with E-state index in [2.05, 4.69) is 99.3 Å². The third-order valence-electron chi connectivity index (χ3n) is 10.3. The molecule has 1 unspecified atom stereocenters. The van der Waals surface area contributed by atoms with Gasteiger partial charge in [0.15, 0.2) is 0 Å². The Hall–Kier alpha value is -4.24. The fourth-order valence-corrected chi connectivity index (χ4v) is 10.9. The van der Waals surface area contributed by atoms with Crippen molar-refractivity contribution >= 4 is 48.1 Å². The Balaban J connectivity index is 1.31. The minimum atomic E-state index is -0.233. The molecule has 3 nitrogen and oxygen atoms in total. The second-order valence-electron chi connectivity index (χ2n) is 13.2. The standard InChI is InChI=1S/C39H29NO2Se/c1-38(2)27-15-9-7-13-24(27)32-25-14-8-10-16-31(25)40-34-29(18-17-28(38)33(32)34)39(3,4)30-20-21(43-37(30)40)19-26-35(41)22-11-5-6-12-23(22)36(26)42/h5-20,32H,1-4H3. The Morgan fingerprint density at radius 1 is 0.674 bits per heavy atom. The van der Waals surface area contributed by atoms with Crippen LogP contribution >= 0.6 is 0 Å². The second kappa shape index (κ2) is 8.23. The van der Waals surface area contributed by atoms with E-state index in [1.165, 1.54) is 54.9 Å². The van der Waals surface area contributed by atoms with Crippen LogP contribution in [0.2, 0.25) is 0 Å². The molecule has 0 bridgehead atoms. The number of carbonyl (C=O) groups excluding carboxylic acids is 2. The van der Waals surface area contributed by atoms with E-state index in [-0.39, 0.29) is 42.8 Å². The van der Waals surface area contributed by atoms with Gasteiger partial charge in [-0.1, -0.05) is 0 Å². The predicted octanol–water partition coefficient (Wildman–Crippen LogP) is 8.45. The summed E-state index contributed by atoms with van der Waals surface area (Å²) in [4.78, 5) is 29.1. The van der Waals surface area contributed by atoms with Gasteiger partial charge in [-0.15, -0.1) is 0 Å². The topological polar surface area (TPSA) is 37.4 Å². The third kappa shape index (κ3) is 3.05. The van der Waals surface area contributed by atoms with Crippen molar-refractivity contribution in [3.63, 3.8) is 0 Å². The minimum absolute atomic E-state index is 0.0859. The van der Waals surface area contributed by atoms with Crippen LogP contribution in [0.4, 0.5) is 15.9 Å². The van der Waals surface area contributed by atoms with Crippen LogP contribution in [0.25, 0.3) is 6.08 Å². The van der Waals surface area contributed by atoms with E-state index in [4.69, 9.17) is 0 Å². The quantitative estimate of drug-likeness (QED) is 0.105. The number of allylic oxidation sites excluding steroid dienone is 1. The van der Waals surface area contributed by atoms with Gasteiger partial charge < -0.3 is 0 Å². The van der Waals surface area contributed by atoms with Crippen LogP contribution in [-0.2, 0) is 10.8 Å². The Morgan fingerprint density at radius 2 is 1.28 bits per heavy atom. The summed E-state index contributed by atoms with van der Waals surface area (Å²) >= 11 is -0.0859. The summed E-state index contributed by atoms with van der Waals surface area (Å²) in [6, 6.07) is 32.1. The van der Waals surface area contributed by atoms with Crippen molar-refractivity contribution in [3.05, 3.63) is 151 Å². The average molecular weight is 623 g/mol. The summed E-state index contributed by atoms with van der Waals surface area (Å²) in [6.07, 6.45) is 1.89. The number of fused-ring (bicyclic) bond motifs is 8. The van der Waals surface area contributed by atoms with Crippen LogP contribution < -0.4 is 4.90 Å². The number of ketones is 2. The van der Waals surface area contributed by atoms with Crippen LogP contribution in [0, 0.1) is 0 Å². The molecule has 208 valence electrons. The molecule has 9 rings (SSSR count). The predicted molar refractivity (Wildman–Crippen MR) is 173 cm³/mol. The number of para-hydroxylation sites is 1. The monoisotopic (exact) mass is 623 g/mol. The van der Waals surface area contributed by atoms with E-state index >= 15 is 0 Å². The summed E-state index contributed by atoms with van der Waals surface area (Å²) in [5, 5.41) is 0. The molecule has 43 heavy (non-hydrogen) atoms. The van der Waals surface area contributed by atoms with Crippen molar-refractivity contribution in [2.24, 2.45) is 0 Å². The fraction of sp³-hybridized carbons (Fsp3) is 0.179. The van der Waals surface area contributed by atoms with Gasteiger partial charge in [0, 0.05) is 0 Å². The van der Waals surface area contributed by atoms with Crippen molar-refractivity contribution in [2.45, 2.75) is 44.4 Å². The number of benzene rings is 4. The summed E-state index contributed by atoms with van der Waals surface area (Å²) in [7, 11) is 0. The van der Waals surface area contributed by atoms with Gasteiger partial charge in [-0.25, -0.2) is 0 Å². The van der Waals surface area contributed by atoms with E-state index in [0.717, 1.165) is 4.44 Å². The molecular weight excluding hydrogens is 593 g/mol. The molecule has 4 heteroatoms. The Kier molecular flexibility index (Phi) is 4.83. The van der Waals surface area contributed by atoms with Gasteiger partial charge in [0.05, 0.1) is 0 Å². The zero-order valence-electron chi connectivity index (χ0n) is 24.5. The van der Waals surface area contributed by atoms with Crippen LogP contribution in [0.15, 0.2) is 96.6 Å². The molecule has 0 saturated heterocycles. The number of anilines is 3.